The van der Waals surface area contributed by atoms with Crippen molar-refractivity contribution in [1.82, 2.24) is 5.32 Å². The Morgan fingerprint density at radius 2 is 2.16 bits per heavy atom. The number of allylic oxidation sites excluding steroid dienone is 1. The number of carbonyl (C=O) groups excluding carboxylic acids is 2. The Labute approximate surface area is 149 Å². The maximum absolute atomic E-state index is 12.4. The Morgan fingerprint density at radius 1 is 1.32 bits per heavy atom. The summed E-state index contributed by atoms with van der Waals surface area (Å²) in [5, 5.41) is 2.97. The molecule has 0 spiro atoms. The highest BCUT2D eigenvalue weighted by Gasteiger charge is 2.31. The Morgan fingerprint density at radius 3 is 2.96 bits per heavy atom. The number of carbonyl (C=O) groups is 2. The third-order valence-corrected chi connectivity index (χ3v) is 4.79. The molecule has 1 atom stereocenters. The lowest BCUT2D eigenvalue weighted by atomic mass is 9.97. The number of hydrogen-bond donors (Lipinski definition) is 1. The Kier molecular flexibility index (Phi) is 5.74. The molecule has 1 aromatic rings. The molecule has 0 radical (unpaired) electrons. The number of anilines is 1. The monoisotopic (exact) mass is 342 g/mol. The molecule has 25 heavy (non-hydrogen) atoms. The first-order valence-electron chi connectivity index (χ1n) is 9.17. The SMILES string of the molecule is C[C@H]1Oc2ccccc2N(CCC(=O)NCCC2=CCCCC2)C1=O. The molecule has 1 heterocycles. The number of nitrogens with zero attached hydrogens (tertiary/aromatic N) is 1. The van der Waals surface area contributed by atoms with E-state index in [9.17, 15) is 9.59 Å². The van der Waals surface area contributed by atoms with Crippen molar-refractivity contribution in [1.29, 1.82) is 0 Å². The molecule has 0 unspecified atom stereocenters. The largest absolute Gasteiger partial charge is 0.479 e. The van der Waals surface area contributed by atoms with E-state index in [1.165, 1.54) is 24.8 Å². The van der Waals surface area contributed by atoms with Gasteiger partial charge in [0.1, 0.15) is 5.75 Å². The van der Waals surface area contributed by atoms with Crippen LogP contribution in [0.1, 0.15) is 45.4 Å². The summed E-state index contributed by atoms with van der Waals surface area (Å²) < 4.78 is 5.62. The number of benzene rings is 1. The molecular weight excluding hydrogens is 316 g/mol. The fraction of sp³-hybridized carbons (Fsp3) is 0.500. The first-order valence-corrected chi connectivity index (χ1v) is 9.17. The van der Waals surface area contributed by atoms with Gasteiger partial charge in [-0.1, -0.05) is 23.8 Å². The number of ether oxygens (including phenoxy) is 1. The van der Waals surface area contributed by atoms with E-state index in [0.717, 1.165) is 18.5 Å². The summed E-state index contributed by atoms with van der Waals surface area (Å²) in [6, 6.07) is 7.46. The van der Waals surface area contributed by atoms with E-state index in [1.807, 2.05) is 24.3 Å². The van der Waals surface area contributed by atoms with Crippen molar-refractivity contribution in [2.45, 2.75) is 51.6 Å². The summed E-state index contributed by atoms with van der Waals surface area (Å²) in [5.41, 5.74) is 2.20. The molecule has 0 saturated heterocycles. The number of para-hydroxylation sites is 2. The highest BCUT2D eigenvalue weighted by atomic mass is 16.5. The van der Waals surface area contributed by atoms with Crippen molar-refractivity contribution >= 4 is 17.5 Å². The minimum absolute atomic E-state index is 0.0131. The second-order valence-corrected chi connectivity index (χ2v) is 6.68. The van der Waals surface area contributed by atoms with Gasteiger partial charge in [-0.05, 0) is 51.2 Å². The average molecular weight is 342 g/mol. The Bertz CT molecular complexity index is 669. The molecular formula is C20H26N2O3. The zero-order valence-corrected chi connectivity index (χ0v) is 14.8. The number of nitrogens with one attached hydrogen (secondary N) is 1. The summed E-state index contributed by atoms with van der Waals surface area (Å²) >= 11 is 0. The van der Waals surface area contributed by atoms with E-state index in [1.54, 1.807) is 11.8 Å². The van der Waals surface area contributed by atoms with Gasteiger partial charge in [-0.15, -0.1) is 0 Å². The van der Waals surface area contributed by atoms with E-state index in [4.69, 9.17) is 4.74 Å². The summed E-state index contributed by atoms with van der Waals surface area (Å²) in [6.45, 7) is 2.79. The fourth-order valence-corrected chi connectivity index (χ4v) is 3.39. The minimum Gasteiger partial charge on any atom is -0.479 e. The van der Waals surface area contributed by atoms with Gasteiger partial charge in [-0.3, -0.25) is 9.59 Å². The zero-order chi connectivity index (χ0) is 17.6. The fourth-order valence-electron chi connectivity index (χ4n) is 3.39. The summed E-state index contributed by atoms with van der Waals surface area (Å²) in [4.78, 5) is 26.2. The minimum atomic E-state index is -0.517. The van der Waals surface area contributed by atoms with Crippen molar-refractivity contribution in [3.63, 3.8) is 0 Å². The van der Waals surface area contributed by atoms with Gasteiger partial charge >= 0.3 is 0 Å². The lowest BCUT2D eigenvalue weighted by Crippen LogP contribution is -2.45. The van der Waals surface area contributed by atoms with Crippen molar-refractivity contribution in [3.05, 3.63) is 35.9 Å². The molecule has 5 heteroatoms. The third kappa shape index (κ3) is 4.41. The van der Waals surface area contributed by atoms with Crippen LogP contribution in [0.2, 0.25) is 0 Å². The van der Waals surface area contributed by atoms with Gasteiger partial charge < -0.3 is 15.0 Å². The van der Waals surface area contributed by atoms with E-state index in [-0.39, 0.29) is 11.8 Å². The zero-order valence-electron chi connectivity index (χ0n) is 14.8. The van der Waals surface area contributed by atoms with Crippen LogP contribution in [0.5, 0.6) is 5.75 Å². The second kappa shape index (κ2) is 8.19. The van der Waals surface area contributed by atoms with E-state index >= 15 is 0 Å². The predicted octanol–water partition coefficient (Wildman–Crippen LogP) is 3.20. The van der Waals surface area contributed by atoms with Crippen LogP contribution in [0, 0.1) is 0 Å². The van der Waals surface area contributed by atoms with E-state index in [2.05, 4.69) is 11.4 Å². The molecule has 2 aliphatic rings. The quantitative estimate of drug-likeness (QED) is 0.808. The highest BCUT2D eigenvalue weighted by molar-refractivity contribution is 6.00. The molecule has 1 aromatic carbocycles. The predicted molar refractivity (Wildman–Crippen MR) is 97.7 cm³/mol. The molecule has 3 rings (SSSR count). The van der Waals surface area contributed by atoms with Gasteiger partial charge in [0.05, 0.1) is 5.69 Å². The number of amides is 2. The molecule has 0 fully saturated rings. The van der Waals surface area contributed by atoms with Gasteiger partial charge in [0, 0.05) is 19.5 Å². The first-order chi connectivity index (χ1) is 12.1. The van der Waals surface area contributed by atoms with Crippen LogP contribution < -0.4 is 15.0 Å². The number of hydrogen-bond acceptors (Lipinski definition) is 3. The van der Waals surface area contributed by atoms with Gasteiger partial charge in [-0.2, -0.15) is 0 Å². The maximum atomic E-state index is 12.4. The topological polar surface area (TPSA) is 58.6 Å². The standard InChI is InChI=1S/C20H26N2O3/c1-15-20(24)22(17-9-5-6-10-18(17)25-15)14-12-19(23)21-13-11-16-7-3-2-4-8-16/h5-7,9-10,15H,2-4,8,11-14H2,1H3,(H,21,23)/t15-/m1/s1. The molecule has 1 aliphatic carbocycles. The van der Waals surface area contributed by atoms with E-state index < -0.39 is 6.10 Å². The van der Waals surface area contributed by atoms with Crippen molar-refractivity contribution in [2.75, 3.05) is 18.0 Å². The van der Waals surface area contributed by atoms with Gasteiger partial charge in [0.2, 0.25) is 5.91 Å². The summed E-state index contributed by atoms with van der Waals surface area (Å²) in [6.07, 6.45) is 7.89. The van der Waals surface area contributed by atoms with Gasteiger partial charge in [0.25, 0.3) is 5.91 Å². The van der Waals surface area contributed by atoms with Crippen LogP contribution in [-0.2, 0) is 9.59 Å². The average Bonchev–Trinajstić information content (AvgIpc) is 2.63. The second-order valence-electron chi connectivity index (χ2n) is 6.68. The molecule has 0 bridgehead atoms. The van der Waals surface area contributed by atoms with Crippen molar-refractivity contribution in [2.24, 2.45) is 0 Å². The Balaban J connectivity index is 1.49. The van der Waals surface area contributed by atoms with Crippen LogP contribution in [0.15, 0.2) is 35.9 Å². The van der Waals surface area contributed by atoms with Crippen LogP contribution in [-0.4, -0.2) is 31.0 Å². The van der Waals surface area contributed by atoms with Crippen molar-refractivity contribution < 1.29 is 14.3 Å². The van der Waals surface area contributed by atoms with Crippen LogP contribution in [0.4, 0.5) is 5.69 Å². The maximum Gasteiger partial charge on any atom is 0.267 e. The molecule has 2 amide bonds. The van der Waals surface area contributed by atoms with Crippen LogP contribution in [0.25, 0.3) is 0 Å². The smallest absolute Gasteiger partial charge is 0.267 e. The normalized spacial score (nSPS) is 19.7. The van der Waals surface area contributed by atoms with Crippen LogP contribution in [0.3, 0.4) is 0 Å². The highest BCUT2D eigenvalue weighted by Crippen LogP contribution is 2.33. The van der Waals surface area contributed by atoms with Gasteiger partial charge in [0.15, 0.2) is 6.10 Å². The van der Waals surface area contributed by atoms with Crippen LogP contribution >= 0.6 is 0 Å². The lowest BCUT2D eigenvalue weighted by molar-refractivity contribution is -0.125. The Hall–Kier alpha value is -2.30. The molecule has 0 aromatic heterocycles. The van der Waals surface area contributed by atoms with E-state index in [0.29, 0.717) is 25.3 Å². The van der Waals surface area contributed by atoms with Crippen molar-refractivity contribution in [3.8, 4) is 5.75 Å². The van der Waals surface area contributed by atoms with Gasteiger partial charge in [-0.25, -0.2) is 0 Å². The summed E-state index contributed by atoms with van der Waals surface area (Å²) in [7, 11) is 0. The molecule has 5 nitrogen and oxygen atoms in total. The molecule has 0 saturated carbocycles. The number of fused-ring (bicyclic) bond motifs is 1. The lowest BCUT2D eigenvalue weighted by Gasteiger charge is -2.32. The first kappa shape index (κ1) is 17.5. The summed E-state index contributed by atoms with van der Waals surface area (Å²) in [5.74, 6) is 0.582. The molecule has 1 N–H and O–H groups in total. The molecule has 1 aliphatic heterocycles. The number of rotatable bonds is 6. The molecule has 134 valence electrons. The third-order valence-electron chi connectivity index (χ3n) is 4.79.